The number of nitrogens with one attached hydrogen (secondary N) is 1. The molecule has 1 aliphatic rings. The van der Waals surface area contributed by atoms with Crippen LogP contribution in [0.3, 0.4) is 0 Å². The van der Waals surface area contributed by atoms with E-state index in [1.165, 1.54) is 0 Å². The molecule has 5 nitrogen and oxygen atoms in total. The van der Waals surface area contributed by atoms with Gasteiger partial charge >= 0.3 is 0 Å². The lowest BCUT2D eigenvalue weighted by Gasteiger charge is -2.40. The van der Waals surface area contributed by atoms with E-state index in [9.17, 15) is 4.79 Å². The zero-order valence-electron chi connectivity index (χ0n) is 15.8. The molecule has 0 unspecified atom stereocenters. The molecule has 0 aromatic heterocycles. The summed E-state index contributed by atoms with van der Waals surface area (Å²) < 4.78 is 17.2. The highest BCUT2D eigenvalue weighted by Gasteiger charge is 2.45. The van der Waals surface area contributed by atoms with Crippen molar-refractivity contribution in [3.8, 4) is 17.2 Å². The van der Waals surface area contributed by atoms with Crippen molar-refractivity contribution in [2.45, 2.75) is 31.2 Å². The number of rotatable bonds is 7. The first-order valence-corrected chi connectivity index (χ1v) is 9.66. The summed E-state index contributed by atoms with van der Waals surface area (Å²) in [5.74, 6) is 1.93. The van der Waals surface area contributed by atoms with Crippen LogP contribution in [0.4, 0.5) is 0 Å². The summed E-state index contributed by atoms with van der Waals surface area (Å²) in [4.78, 5) is 13.1. The van der Waals surface area contributed by atoms with Crippen LogP contribution in [0.1, 0.15) is 30.4 Å². The summed E-state index contributed by atoms with van der Waals surface area (Å²) in [6, 6.07) is 11.6. The normalized spacial score (nSPS) is 14.8. The molecule has 0 bridgehead atoms. The molecule has 0 spiro atoms. The molecule has 1 aliphatic carbocycles. The molecule has 0 saturated heterocycles. The van der Waals surface area contributed by atoms with Crippen LogP contribution in [-0.2, 0) is 16.8 Å². The number of amides is 1. The van der Waals surface area contributed by atoms with E-state index in [2.05, 4.69) is 21.2 Å². The minimum atomic E-state index is -0.451. The Bertz CT molecular complexity index is 790. The van der Waals surface area contributed by atoms with E-state index in [1.54, 1.807) is 33.5 Å². The highest BCUT2D eigenvalue weighted by Crippen LogP contribution is 2.44. The average molecular weight is 434 g/mol. The number of carbonyl (C=O) groups excluding carboxylic acids is 1. The fourth-order valence-electron chi connectivity index (χ4n) is 3.54. The predicted octanol–water partition coefficient (Wildman–Crippen LogP) is 4.21. The number of halogens is 1. The fraction of sp³-hybridized carbons (Fsp3) is 0.381. The van der Waals surface area contributed by atoms with Gasteiger partial charge < -0.3 is 19.5 Å². The van der Waals surface area contributed by atoms with Gasteiger partial charge in [-0.2, -0.15) is 0 Å². The van der Waals surface area contributed by atoms with E-state index in [-0.39, 0.29) is 5.91 Å². The van der Waals surface area contributed by atoms with Gasteiger partial charge in [0.15, 0.2) is 0 Å². The Labute approximate surface area is 168 Å². The largest absolute Gasteiger partial charge is 0.496 e. The number of carbonyl (C=O) groups is 1. The van der Waals surface area contributed by atoms with E-state index >= 15 is 0 Å². The van der Waals surface area contributed by atoms with Crippen molar-refractivity contribution in [2.75, 3.05) is 21.3 Å². The molecule has 1 N–H and O–H groups in total. The maximum Gasteiger partial charge on any atom is 0.230 e. The predicted molar refractivity (Wildman–Crippen MR) is 108 cm³/mol. The monoisotopic (exact) mass is 433 g/mol. The third-order valence-corrected chi connectivity index (χ3v) is 5.81. The van der Waals surface area contributed by atoms with Gasteiger partial charge in [0.2, 0.25) is 5.91 Å². The molecule has 2 aromatic rings. The summed E-state index contributed by atoms with van der Waals surface area (Å²) in [5.41, 5.74) is 1.40. The third kappa shape index (κ3) is 3.76. The summed E-state index contributed by atoms with van der Waals surface area (Å²) in [7, 11) is 4.78. The second kappa shape index (κ2) is 8.21. The zero-order valence-corrected chi connectivity index (χ0v) is 17.4. The molecular weight excluding hydrogens is 410 g/mol. The van der Waals surface area contributed by atoms with Crippen LogP contribution in [0, 0.1) is 0 Å². The molecule has 3 rings (SSSR count). The highest BCUT2D eigenvalue weighted by atomic mass is 79.9. The van der Waals surface area contributed by atoms with E-state index in [0.717, 1.165) is 34.9 Å². The van der Waals surface area contributed by atoms with Gasteiger partial charge in [-0.15, -0.1) is 0 Å². The quantitative estimate of drug-likeness (QED) is 0.710. The molecule has 144 valence electrons. The van der Waals surface area contributed by atoms with Gasteiger partial charge in [0.1, 0.15) is 17.2 Å². The van der Waals surface area contributed by atoms with Crippen LogP contribution >= 0.6 is 15.9 Å². The molecule has 1 saturated carbocycles. The van der Waals surface area contributed by atoms with E-state index < -0.39 is 5.41 Å². The van der Waals surface area contributed by atoms with E-state index in [4.69, 9.17) is 14.2 Å². The van der Waals surface area contributed by atoms with Crippen molar-refractivity contribution < 1.29 is 19.0 Å². The third-order valence-electron chi connectivity index (χ3n) is 5.28. The van der Waals surface area contributed by atoms with Gasteiger partial charge in [-0.05, 0) is 30.5 Å². The molecule has 0 heterocycles. The minimum absolute atomic E-state index is 0.0380. The smallest absolute Gasteiger partial charge is 0.230 e. The second-order valence-electron chi connectivity index (χ2n) is 6.64. The summed E-state index contributed by atoms with van der Waals surface area (Å²) >= 11 is 3.46. The Morgan fingerprint density at radius 3 is 2.07 bits per heavy atom. The van der Waals surface area contributed by atoms with Crippen LogP contribution in [0.15, 0.2) is 40.9 Å². The average Bonchev–Trinajstić information content (AvgIpc) is 2.66. The SMILES string of the molecule is COc1cc(OC)c(CNC(=O)C2(c3ccc(Br)cc3)CCC2)c(OC)c1. The lowest BCUT2D eigenvalue weighted by atomic mass is 9.64. The lowest BCUT2D eigenvalue weighted by Crippen LogP contribution is -2.49. The van der Waals surface area contributed by atoms with Crippen LogP contribution in [0.2, 0.25) is 0 Å². The molecule has 6 heteroatoms. The number of methoxy groups -OCH3 is 3. The van der Waals surface area contributed by atoms with Crippen LogP contribution in [0.5, 0.6) is 17.2 Å². The topological polar surface area (TPSA) is 56.8 Å². The first kappa shape index (κ1) is 19.5. The van der Waals surface area contributed by atoms with Crippen LogP contribution in [0.25, 0.3) is 0 Å². The van der Waals surface area contributed by atoms with Crippen molar-refractivity contribution >= 4 is 21.8 Å². The van der Waals surface area contributed by atoms with Crippen LogP contribution in [-0.4, -0.2) is 27.2 Å². The molecule has 2 aromatic carbocycles. The fourth-order valence-corrected chi connectivity index (χ4v) is 3.80. The number of ether oxygens (including phenoxy) is 3. The van der Waals surface area contributed by atoms with E-state index in [1.807, 2.05) is 24.3 Å². The van der Waals surface area contributed by atoms with Gasteiger partial charge in [0.05, 0.1) is 38.9 Å². The Morgan fingerprint density at radius 1 is 1.04 bits per heavy atom. The van der Waals surface area contributed by atoms with Crippen molar-refractivity contribution in [1.82, 2.24) is 5.32 Å². The maximum atomic E-state index is 13.1. The first-order chi connectivity index (χ1) is 13.0. The Hall–Kier alpha value is -2.21. The Balaban J connectivity index is 1.82. The summed E-state index contributed by atoms with van der Waals surface area (Å²) in [6.07, 6.45) is 2.77. The van der Waals surface area contributed by atoms with Gasteiger partial charge in [0.25, 0.3) is 0 Å². The Kier molecular flexibility index (Phi) is 5.95. The van der Waals surface area contributed by atoms with Gasteiger partial charge in [-0.25, -0.2) is 0 Å². The Morgan fingerprint density at radius 2 is 1.63 bits per heavy atom. The molecule has 1 amide bonds. The molecule has 0 atom stereocenters. The van der Waals surface area contributed by atoms with Crippen molar-refractivity contribution in [3.05, 3.63) is 52.0 Å². The minimum Gasteiger partial charge on any atom is -0.496 e. The standard InChI is InChI=1S/C21H24BrNO4/c1-25-16-11-18(26-2)17(19(12-16)27-3)13-23-20(24)21(9-4-10-21)14-5-7-15(22)8-6-14/h5-8,11-12H,4,9-10,13H2,1-3H3,(H,23,24). The number of hydrogen-bond acceptors (Lipinski definition) is 4. The second-order valence-corrected chi connectivity index (χ2v) is 7.55. The summed E-state index contributed by atoms with van der Waals surface area (Å²) in [6.45, 7) is 0.327. The number of hydrogen-bond donors (Lipinski definition) is 1. The van der Waals surface area contributed by atoms with E-state index in [0.29, 0.717) is 23.8 Å². The van der Waals surface area contributed by atoms with Crippen molar-refractivity contribution in [1.29, 1.82) is 0 Å². The van der Waals surface area contributed by atoms with Gasteiger partial charge in [-0.1, -0.05) is 34.5 Å². The lowest BCUT2D eigenvalue weighted by molar-refractivity contribution is -0.130. The van der Waals surface area contributed by atoms with Gasteiger partial charge in [-0.3, -0.25) is 4.79 Å². The van der Waals surface area contributed by atoms with Crippen molar-refractivity contribution in [2.24, 2.45) is 0 Å². The zero-order chi connectivity index (χ0) is 19.4. The highest BCUT2D eigenvalue weighted by molar-refractivity contribution is 9.10. The number of benzene rings is 2. The van der Waals surface area contributed by atoms with Gasteiger partial charge in [0, 0.05) is 16.6 Å². The first-order valence-electron chi connectivity index (χ1n) is 8.87. The molecule has 0 radical (unpaired) electrons. The molecule has 27 heavy (non-hydrogen) atoms. The molecular formula is C21H24BrNO4. The molecule has 1 fully saturated rings. The molecule has 0 aliphatic heterocycles. The summed E-state index contributed by atoms with van der Waals surface area (Å²) in [5, 5.41) is 3.09. The maximum absolute atomic E-state index is 13.1. The van der Waals surface area contributed by atoms with Crippen molar-refractivity contribution in [3.63, 3.8) is 0 Å². The van der Waals surface area contributed by atoms with Crippen LogP contribution < -0.4 is 19.5 Å².